The summed E-state index contributed by atoms with van der Waals surface area (Å²) in [5.74, 6) is 0. The molecule has 0 radical (unpaired) electrons. The number of ether oxygens (including phenoxy) is 2. The molecule has 0 aliphatic rings. The first-order valence-corrected chi connectivity index (χ1v) is 7.20. The molecule has 20 heavy (non-hydrogen) atoms. The van der Waals surface area contributed by atoms with Gasteiger partial charge < -0.3 is 19.8 Å². The van der Waals surface area contributed by atoms with E-state index in [4.69, 9.17) is 15.2 Å². The maximum Gasteiger partial charge on any atom is 0.0645 e. The van der Waals surface area contributed by atoms with E-state index in [9.17, 15) is 0 Å². The SMILES string of the molecule is COCCCOCCn1ccc2c(CCN)cccc21. The molecule has 4 heteroatoms. The normalized spacial score (nSPS) is 11.3. The molecule has 1 aromatic carbocycles. The molecule has 2 rings (SSSR count). The van der Waals surface area contributed by atoms with E-state index in [0.29, 0.717) is 6.54 Å². The standard InChI is InChI=1S/C16H24N2O2/c1-19-11-3-12-20-13-10-18-9-7-15-14(6-8-17)4-2-5-16(15)18/h2,4-5,7,9H,3,6,8,10-13,17H2,1H3. The molecule has 0 aliphatic heterocycles. The Labute approximate surface area is 120 Å². The third-order valence-electron chi connectivity index (χ3n) is 3.43. The van der Waals surface area contributed by atoms with Crippen LogP contribution < -0.4 is 5.73 Å². The number of hydrogen-bond acceptors (Lipinski definition) is 3. The molecule has 1 heterocycles. The highest BCUT2D eigenvalue weighted by Gasteiger charge is 2.04. The largest absolute Gasteiger partial charge is 0.385 e. The van der Waals surface area contributed by atoms with Gasteiger partial charge in [0, 0.05) is 44.0 Å². The molecule has 0 unspecified atom stereocenters. The highest BCUT2D eigenvalue weighted by Crippen LogP contribution is 2.20. The van der Waals surface area contributed by atoms with Gasteiger partial charge in [0.1, 0.15) is 0 Å². The second-order valence-corrected chi connectivity index (χ2v) is 4.86. The minimum absolute atomic E-state index is 0.687. The van der Waals surface area contributed by atoms with E-state index >= 15 is 0 Å². The van der Waals surface area contributed by atoms with Gasteiger partial charge in [-0.05, 0) is 37.1 Å². The van der Waals surface area contributed by atoms with Crippen LogP contribution in [0.15, 0.2) is 30.5 Å². The van der Waals surface area contributed by atoms with Gasteiger partial charge in [-0.2, -0.15) is 0 Å². The summed E-state index contributed by atoms with van der Waals surface area (Å²) in [5.41, 5.74) is 8.24. The second kappa shape index (κ2) is 8.04. The molecule has 0 aliphatic carbocycles. The summed E-state index contributed by atoms with van der Waals surface area (Å²) >= 11 is 0. The van der Waals surface area contributed by atoms with E-state index in [0.717, 1.165) is 39.2 Å². The van der Waals surface area contributed by atoms with Crippen molar-refractivity contribution in [1.29, 1.82) is 0 Å². The maximum absolute atomic E-state index is 5.66. The Kier molecular flexibility index (Phi) is 6.05. The minimum Gasteiger partial charge on any atom is -0.385 e. The Bertz CT molecular complexity index is 522. The number of nitrogens with two attached hydrogens (primary N) is 1. The number of methoxy groups -OCH3 is 1. The lowest BCUT2D eigenvalue weighted by molar-refractivity contribution is 0.0982. The zero-order chi connectivity index (χ0) is 14.2. The van der Waals surface area contributed by atoms with E-state index in [1.165, 1.54) is 16.5 Å². The summed E-state index contributed by atoms with van der Waals surface area (Å²) in [6, 6.07) is 8.58. The average Bonchev–Trinajstić information content (AvgIpc) is 2.87. The van der Waals surface area contributed by atoms with Crippen LogP contribution >= 0.6 is 0 Å². The molecule has 0 fully saturated rings. The Morgan fingerprint density at radius 2 is 2.05 bits per heavy atom. The summed E-state index contributed by atoms with van der Waals surface area (Å²) in [6.45, 7) is 3.81. The third-order valence-corrected chi connectivity index (χ3v) is 3.43. The Morgan fingerprint density at radius 3 is 2.85 bits per heavy atom. The predicted octanol–water partition coefficient (Wildman–Crippen LogP) is 2.20. The van der Waals surface area contributed by atoms with Gasteiger partial charge in [0.15, 0.2) is 0 Å². The average molecular weight is 276 g/mol. The number of rotatable bonds is 9. The van der Waals surface area contributed by atoms with E-state index < -0.39 is 0 Å². The van der Waals surface area contributed by atoms with Crippen LogP contribution in [0, 0.1) is 0 Å². The molecular formula is C16H24N2O2. The molecular weight excluding hydrogens is 252 g/mol. The van der Waals surface area contributed by atoms with Crippen molar-refractivity contribution in [1.82, 2.24) is 4.57 Å². The summed E-state index contributed by atoms with van der Waals surface area (Å²) in [6.07, 6.45) is 4.00. The molecule has 2 aromatic rings. The Balaban J connectivity index is 1.92. The van der Waals surface area contributed by atoms with Crippen LogP contribution in [-0.2, 0) is 22.4 Å². The van der Waals surface area contributed by atoms with E-state index in [1.807, 2.05) is 0 Å². The van der Waals surface area contributed by atoms with E-state index in [2.05, 4.69) is 35.0 Å². The van der Waals surface area contributed by atoms with Gasteiger partial charge in [0.05, 0.1) is 6.61 Å². The van der Waals surface area contributed by atoms with Gasteiger partial charge in [-0.15, -0.1) is 0 Å². The molecule has 0 spiro atoms. The summed E-state index contributed by atoms with van der Waals surface area (Å²) in [7, 11) is 1.71. The number of fused-ring (bicyclic) bond motifs is 1. The van der Waals surface area contributed by atoms with Crippen LogP contribution in [0.4, 0.5) is 0 Å². The smallest absolute Gasteiger partial charge is 0.0645 e. The molecule has 0 amide bonds. The van der Waals surface area contributed by atoms with Crippen molar-refractivity contribution in [2.24, 2.45) is 5.73 Å². The number of hydrogen-bond donors (Lipinski definition) is 1. The van der Waals surface area contributed by atoms with Crippen LogP contribution in [0.25, 0.3) is 10.9 Å². The first-order valence-electron chi connectivity index (χ1n) is 7.20. The van der Waals surface area contributed by atoms with Crippen LogP contribution in [0.5, 0.6) is 0 Å². The maximum atomic E-state index is 5.66. The summed E-state index contributed by atoms with van der Waals surface area (Å²) < 4.78 is 12.8. The van der Waals surface area contributed by atoms with Gasteiger partial charge in [-0.3, -0.25) is 0 Å². The zero-order valence-electron chi connectivity index (χ0n) is 12.2. The highest BCUT2D eigenvalue weighted by molar-refractivity contribution is 5.83. The third kappa shape index (κ3) is 3.82. The monoisotopic (exact) mass is 276 g/mol. The van der Waals surface area contributed by atoms with E-state index in [1.54, 1.807) is 7.11 Å². The van der Waals surface area contributed by atoms with Gasteiger partial charge in [-0.1, -0.05) is 12.1 Å². The minimum atomic E-state index is 0.687. The molecule has 1 aromatic heterocycles. The molecule has 2 N–H and O–H groups in total. The topological polar surface area (TPSA) is 49.4 Å². The number of aromatic nitrogens is 1. The number of nitrogens with zero attached hydrogens (tertiary/aromatic N) is 1. The van der Waals surface area contributed by atoms with Crippen LogP contribution in [0.2, 0.25) is 0 Å². The fraction of sp³-hybridized carbons (Fsp3) is 0.500. The van der Waals surface area contributed by atoms with Gasteiger partial charge >= 0.3 is 0 Å². The lowest BCUT2D eigenvalue weighted by Crippen LogP contribution is -2.07. The summed E-state index contributed by atoms with van der Waals surface area (Å²) in [4.78, 5) is 0. The molecule has 0 saturated carbocycles. The number of benzene rings is 1. The Hall–Kier alpha value is -1.36. The molecule has 0 saturated heterocycles. The molecule has 110 valence electrons. The highest BCUT2D eigenvalue weighted by atomic mass is 16.5. The van der Waals surface area contributed by atoms with Crippen molar-refractivity contribution in [2.75, 3.05) is 33.5 Å². The first-order chi connectivity index (χ1) is 9.86. The van der Waals surface area contributed by atoms with Crippen molar-refractivity contribution >= 4 is 10.9 Å². The molecule has 0 bridgehead atoms. The first kappa shape index (κ1) is 15.0. The summed E-state index contributed by atoms with van der Waals surface area (Å²) in [5, 5.41) is 1.30. The van der Waals surface area contributed by atoms with E-state index in [-0.39, 0.29) is 0 Å². The lowest BCUT2D eigenvalue weighted by Gasteiger charge is -2.08. The van der Waals surface area contributed by atoms with Crippen molar-refractivity contribution in [2.45, 2.75) is 19.4 Å². The van der Waals surface area contributed by atoms with Crippen LogP contribution in [0.1, 0.15) is 12.0 Å². The Morgan fingerprint density at radius 1 is 1.15 bits per heavy atom. The van der Waals surface area contributed by atoms with Gasteiger partial charge in [0.25, 0.3) is 0 Å². The lowest BCUT2D eigenvalue weighted by atomic mass is 10.1. The van der Waals surface area contributed by atoms with Crippen molar-refractivity contribution in [3.63, 3.8) is 0 Å². The fourth-order valence-electron chi connectivity index (χ4n) is 2.43. The van der Waals surface area contributed by atoms with Crippen molar-refractivity contribution in [3.05, 3.63) is 36.0 Å². The van der Waals surface area contributed by atoms with Gasteiger partial charge in [-0.25, -0.2) is 0 Å². The fourth-order valence-corrected chi connectivity index (χ4v) is 2.43. The predicted molar refractivity (Wildman–Crippen MR) is 82.0 cm³/mol. The van der Waals surface area contributed by atoms with Crippen LogP contribution in [0.3, 0.4) is 0 Å². The zero-order valence-corrected chi connectivity index (χ0v) is 12.2. The molecule has 4 nitrogen and oxygen atoms in total. The van der Waals surface area contributed by atoms with Gasteiger partial charge in [0.2, 0.25) is 0 Å². The van der Waals surface area contributed by atoms with Crippen LogP contribution in [-0.4, -0.2) is 38.0 Å². The quantitative estimate of drug-likeness (QED) is 0.714. The van der Waals surface area contributed by atoms with Crippen molar-refractivity contribution < 1.29 is 9.47 Å². The molecule has 0 atom stereocenters. The second-order valence-electron chi connectivity index (χ2n) is 4.86. The van der Waals surface area contributed by atoms with Crippen molar-refractivity contribution in [3.8, 4) is 0 Å².